The first-order valence-corrected chi connectivity index (χ1v) is 8.35. The number of anilines is 2. The Morgan fingerprint density at radius 1 is 1.17 bits per heavy atom. The van der Waals surface area contributed by atoms with E-state index in [0.717, 1.165) is 0 Å². The van der Waals surface area contributed by atoms with Crippen LogP contribution in [0.3, 0.4) is 0 Å². The quantitative estimate of drug-likeness (QED) is 0.294. The highest BCUT2D eigenvalue weighted by molar-refractivity contribution is 5.89. The molecule has 4 aromatic rings. The van der Waals surface area contributed by atoms with Crippen molar-refractivity contribution in [2.45, 2.75) is 26.0 Å². The fourth-order valence-electron chi connectivity index (χ4n) is 3.12. The Morgan fingerprint density at radius 2 is 1.93 bits per heavy atom. The molecule has 0 saturated heterocycles. The molecule has 0 atom stereocenters. The van der Waals surface area contributed by atoms with E-state index in [1.54, 1.807) is 25.1 Å². The number of imidazole rings is 1. The number of pyridine rings is 1. The number of alkyl halides is 2. The van der Waals surface area contributed by atoms with Crippen LogP contribution < -0.4 is 11.1 Å². The highest BCUT2D eigenvalue weighted by Gasteiger charge is 2.23. The molecule has 0 aliphatic rings. The number of nitrogens with one attached hydrogen (secondary N) is 1. The van der Waals surface area contributed by atoms with Crippen molar-refractivity contribution in [3.63, 3.8) is 0 Å². The molecule has 4 heterocycles. The fraction of sp³-hybridized carbons (Fsp3) is 0.250. The van der Waals surface area contributed by atoms with Crippen molar-refractivity contribution in [3.05, 3.63) is 30.2 Å². The number of nitrogens with two attached hydrogens (primary N) is 1. The highest BCUT2D eigenvalue weighted by atomic mass is 19.3. The molecule has 13 heteroatoms. The Hall–Kier alpha value is -3.42. The van der Waals surface area contributed by atoms with Crippen LogP contribution in [-0.2, 0) is 6.54 Å². The van der Waals surface area contributed by atoms with Crippen molar-refractivity contribution in [3.8, 4) is 11.3 Å². The molecule has 0 fully saturated rings. The molecule has 11 nitrogen and oxygen atoms in total. The second-order valence-corrected chi connectivity index (χ2v) is 6.30. The summed E-state index contributed by atoms with van der Waals surface area (Å²) in [4.78, 5) is 12.6. The summed E-state index contributed by atoms with van der Waals surface area (Å²) in [5.74, 6) is 0.0281. The molecule has 0 aliphatic heterocycles. The summed E-state index contributed by atoms with van der Waals surface area (Å²) in [7, 11) is 0. The first-order valence-electron chi connectivity index (χ1n) is 8.35. The molecular formula is C16H16F2N8O3. The molecule has 152 valence electrons. The summed E-state index contributed by atoms with van der Waals surface area (Å²) in [5.41, 5.74) is 7.36. The predicted molar refractivity (Wildman–Crippen MR) is 97.7 cm³/mol. The van der Waals surface area contributed by atoms with Gasteiger partial charge in [0.15, 0.2) is 11.5 Å². The third kappa shape index (κ3) is 3.53. The predicted octanol–water partition coefficient (Wildman–Crippen LogP) is 0.297. The third-order valence-electron chi connectivity index (χ3n) is 4.19. The summed E-state index contributed by atoms with van der Waals surface area (Å²) in [5, 5.41) is 33.8. The lowest BCUT2D eigenvalue weighted by Crippen LogP contribution is -2.37. The lowest BCUT2D eigenvalue weighted by Gasteiger charge is -2.17. The lowest BCUT2D eigenvalue weighted by atomic mass is 10.2. The maximum Gasteiger partial charge on any atom is 0.368 e. The molecule has 0 aliphatic carbocycles. The number of nitrogen functional groups attached to an aromatic ring is 1. The molecule has 0 spiro atoms. The Labute approximate surface area is 161 Å². The van der Waals surface area contributed by atoms with Crippen LogP contribution in [0.5, 0.6) is 0 Å². The van der Waals surface area contributed by atoms with Crippen LogP contribution in [0.1, 0.15) is 5.82 Å². The second-order valence-electron chi connectivity index (χ2n) is 6.30. The molecule has 29 heavy (non-hydrogen) atoms. The number of nitrogens with zero attached hydrogens (tertiary/aromatic N) is 6. The van der Waals surface area contributed by atoms with E-state index in [2.05, 4.69) is 20.1 Å². The molecule has 4 aromatic heterocycles. The van der Waals surface area contributed by atoms with Gasteiger partial charge in [-0.1, -0.05) is 0 Å². The van der Waals surface area contributed by atoms with E-state index in [0.29, 0.717) is 22.6 Å². The molecule has 0 unspecified atom stereocenters. The number of hydrogen-bond acceptors (Lipinski definition) is 9. The van der Waals surface area contributed by atoms with Crippen molar-refractivity contribution in [2.75, 3.05) is 11.1 Å². The first kappa shape index (κ1) is 18.9. The maximum atomic E-state index is 12.9. The van der Waals surface area contributed by atoms with Gasteiger partial charge in [0.1, 0.15) is 16.9 Å². The summed E-state index contributed by atoms with van der Waals surface area (Å²) in [6.45, 7) is 1.06. The zero-order valence-electron chi connectivity index (χ0n) is 15.0. The molecule has 0 amide bonds. The van der Waals surface area contributed by atoms with Gasteiger partial charge >= 0.3 is 6.10 Å². The van der Waals surface area contributed by atoms with Crippen LogP contribution >= 0.6 is 0 Å². The maximum absolute atomic E-state index is 12.9. The molecule has 0 saturated carbocycles. The summed E-state index contributed by atoms with van der Waals surface area (Å²) in [6, 6.07) is 4.87. The minimum Gasteiger partial charge on any atom is -0.366 e. The lowest BCUT2D eigenvalue weighted by molar-refractivity contribution is -0.289. The van der Waals surface area contributed by atoms with Crippen molar-refractivity contribution in [1.82, 2.24) is 29.1 Å². The number of rotatable bonds is 5. The molecule has 4 rings (SSSR count). The molecule has 0 radical (unpaired) electrons. The van der Waals surface area contributed by atoms with Gasteiger partial charge in [-0.2, -0.15) is 4.98 Å². The molecule has 0 aromatic carbocycles. The van der Waals surface area contributed by atoms with Crippen LogP contribution in [0, 0.1) is 6.92 Å². The van der Waals surface area contributed by atoms with E-state index in [4.69, 9.17) is 5.73 Å². The first-order chi connectivity index (χ1) is 13.6. The van der Waals surface area contributed by atoms with Crippen LogP contribution in [-0.4, -0.2) is 57.0 Å². The van der Waals surface area contributed by atoms with E-state index < -0.39 is 19.1 Å². The average Bonchev–Trinajstić information content (AvgIpc) is 3.14. The van der Waals surface area contributed by atoms with Gasteiger partial charge in [-0.25, -0.2) is 23.3 Å². The number of fused-ring (bicyclic) bond motifs is 2. The molecule has 0 bridgehead atoms. The number of halogens is 2. The standard InChI is InChI=1S/C16H16F2N8O3/c1-7-20-10-3-2-9(21-14(10)25(7)6-11(17)18)8-4-5-26-12(8)13(22-15(19)24-26)23-16(27,28)29/h2-5,11,27-29H,6H2,1H3,(H3,19,22,23,24). The highest BCUT2D eigenvalue weighted by Crippen LogP contribution is 2.31. The Morgan fingerprint density at radius 3 is 2.62 bits per heavy atom. The minimum atomic E-state index is -3.26. The van der Waals surface area contributed by atoms with Gasteiger partial charge in [-0.05, 0) is 25.1 Å². The third-order valence-corrected chi connectivity index (χ3v) is 4.19. The minimum absolute atomic E-state index is 0.177. The summed E-state index contributed by atoms with van der Waals surface area (Å²) >= 11 is 0. The normalized spacial score (nSPS) is 12.4. The van der Waals surface area contributed by atoms with Crippen molar-refractivity contribution < 1.29 is 24.1 Å². The summed E-state index contributed by atoms with van der Waals surface area (Å²) < 4.78 is 28.5. The number of aryl methyl sites for hydroxylation is 1. The van der Waals surface area contributed by atoms with Gasteiger partial charge in [0.25, 0.3) is 6.43 Å². The van der Waals surface area contributed by atoms with Crippen LogP contribution in [0.4, 0.5) is 20.5 Å². The van der Waals surface area contributed by atoms with E-state index in [-0.39, 0.29) is 22.9 Å². The van der Waals surface area contributed by atoms with Gasteiger partial charge < -0.3 is 25.6 Å². The topological polar surface area (TPSA) is 160 Å². The summed E-state index contributed by atoms with van der Waals surface area (Å²) in [6.07, 6.45) is -4.31. The number of hydrogen-bond donors (Lipinski definition) is 5. The Bertz CT molecular complexity index is 1210. The second kappa shape index (κ2) is 6.58. The van der Waals surface area contributed by atoms with E-state index in [1.807, 2.05) is 5.32 Å². The van der Waals surface area contributed by atoms with E-state index in [1.165, 1.54) is 15.3 Å². The Kier molecular flexibility index (Phi) is 4.29. The van der Waals surface area contributed by atoms with Gasteiger partial charge in [-0.3, -0.25) is 5.32 Å². The van der Waals surface area contributed by atoms with Crippen LogP contribution in [0.2, 0.25) is 0 Å². The van der Waals surface area contributed by atoms with Gasteiger partial charge in [0, 0.05) is 11.8 Å². The van der Waals surface area contributed by atoms with Crippen molar-refractivity contribution in [2.24, 2.45) is 0 Å². The van der Waals surface area contributed by atoms with Crippen molar-refractivity contribution >= 4 is 28.4 Å². The zero-order chi connectivity index (χ0) is 20.9. The SMILES string of the molecule is Cc1nc2ccc(-c3ccn4nc(N)nc(NC(O)(O)O)c34)nc2n1CC(F)F. The van der Waals surface area contributed by atoms with Crippen molar-refractivity contribution in [1.29, 1.82) is 0 Å². The van der Waals surface area contributed by atoms with Gasteiger partial charge in [0.05, 0.1) is 12.2 Å². The van der Waals surface area contributed by atoms with E-state index in [9.17, 15) is 24.1 Å². The molecule has 6 N–H and O–H groups in total. The van der Waals surface area contributed by atoms with Gasteiger partial charge in [-0.15, -0.1) is 5.10 Å². The fourth-order valence-corrected chi connectivity index (χ4v) is 3.12. The molecular weight excluding hydrogens is 390 g/mol. The smallest absolute Gasteiger partial charge is 0.366 e. The monoisotopic (exact) mass is 406 g/mol. The Balaban J connectivity index is 1.91. The zero-order valence-corrected chi connectivity index (χ0v) is 15.0. The largest absolute Gasteiger partial charge is 0.368 e. The van der Waals surface area contributed by atoms with Crippen LogP contribution in [0.25, 0.3) is 27.9 Å². The number of aliphatic hydroxyl groups is 3. The van der Waals surface area contributed by atoms with Crippen LogP contribution in [0.15, 0.2) is 24.4 Å². The number of aromatic nitrogens is 6. The van der Waals surface area contributed by atoms with Gasteiger partial charge in [0.2, 0.25) is 5.95 Å². The average molecular weight is 406 g/mol. The van der Waals surface area contributed by atoms with E-state index >= 15 is 0 Å².